The van der Waals surface area contributed by atoms with Crippen molar-refractivity contribution in [2.45, 2.75) is 0 Å². The highest BCUT2D eigenvalue weighted by atomic mass is 16.1. The molecule has 0 unspecified atom stereocenters. The van der Waals surface area contributed by atoms with Crippen LogP contribution in [0, 0.1) is 0 Å². The van der Waals surface area contributed by atoms with Crippen molar-refractivity contribution in [3.63, 3.8) is 0 Å². The first-order valence-electron chi connectivity index (χ1n) is 6.29. The van der Waals surface area contributed by atoms with Crippen LogP contribution < -0.4 is 4.90 Å². The second-order valence-electron chi connectivity index (χ2n) is 4.84. The van der Waals surface area contributed by atoms with Crippen LogP contribution in [0.3, 0.4) is 0 Å². The number of piperazine rings is 1. The topological polar surface area (TPSA) is 39.3 Å². The van der Waals surface area contributed by atoms with Gasteiger partial charge in [-0.2, -0.15) is 0 Å². The number of likely N-dealkylation sites (N-methyl/N-ethyl adjacent to an activating group) is 1. The average molecular weight is 243 g/mol. The average Bonchev–Trinajstić information content (AvgIpc) is 2.78. The Morgan fingerprint density at radius 2 is 1.89 bits per heavy atom. The molecule has 94 valence electrons. The van der Waals surface area contributed by atoms with Crippen LogP contribution in [0.15, 0.2) is 24.3 Å². The van der Waals surface area contributed by atoms with E-state index in [0.717, 1.165) is 54.7 Å². The largest absolute Gasteiger partial charge is 0.355 e. The molecule has 1 aliphatic rings. The lowest BCUT2D eigenvalue weighted by Crippen LogP contribution is -2.44. The van der Waals surface area contributed by atoms with Gasteiger partial charge in [-0.05, 0) is 13.1 Å². The third kappa shape index (κ3) is 1.78. The van der Waals surface area contributed by atoms with Crippen molar-refractivity contribution in [2.75, 3.05) is 38.1 Å². The predicted octanol–water partition coefficient (Wildman–Crippen LogP) is 1.73. The van der Waals surface area contributed by atoms with Crippen molar-refractivity contribution < 1.29 is 4.79 Å². The molecule has 0 spiro atoms. The van der Waals surface area contributed by atoms with Gasteiger partial charge in [-0.3, -0.25) is 4.79 Å². The molecule has 1 aromatic carbocycles. The van der Waals surface area contributed by atoms with E-state index in [9.17, 15) is 4.79 Å². The van der Waals surface area contributed by atoms with Crippen LogP contribution in [0.5, 0.6) is 0 Å². The zero-order valence-electron chi connectivity index (χ0n) is 10.5. The Bertz CT molecular complexity index is 567. The number of hydrogen-bond donors (Lipinski definition) is 1. The van der Waals surface area contributed by atoms with E-state index in [0.29, 0.717) is 0 Å². The Kier molecular flexibility index (Phi) is 2.80. The van der Waals surface area contributed by atoms with Gasteiger partial charge < -0.3 is 14.8 Å². The molecule has 1 aromatic heterocycles. The summed E-state index contributed by atoms with van der Waals surface area (Å²) in [5.74, 6) is 0.972. The Hall–Kier alpha value is -1.81. The van der Waals surface area contributed by atoms with Crippen LogP contribution in [0.2, 0.25) is 0 Å². The SMILES string of the molecule is CN1CCN(c2[nH]c3ccccc3c2C=O)CC1. The summed E-state index contributed by atoms with van der Waals surface area (Å²) < 4.78 is 0. The highest BCUT2D eigenvalue weighted by Gasteiger charge is 2.20. The van der Waals surface area contributed by atoms with Crippen molar-refractivity contribution in [1.82, 2.24) is 9.88 Å². The van der Waals surface area contributed by atoms with Gasteiger partial charge in [0.25, 0.3) is 0 Å². The molecule has 1 aliphatic heterocycles. The van der Waals surface area contributed by atoms with Gasteiger partial charge in [0, 0.05) is 37.1 Å². The smallest absolute Gasteiger partial charge is 0.154 e. The van der Waals surface area contributed by atoms with E-state index in [1.54, 1.807) is 0 Å². The van der Waals surface area contributed by atoms with Gasteiger partial charge in [-0.15, -0.1) is 0 Å². The monoisotopic (exact) mass is 243 g/mol. The highest BCUT2D eigenvalue weighted by Crippen LogP contribution is 2.27. The van der Waals surface area contributed by atoms with Gasteiger partial charge in [0.15, 0.2) is 6.29 Å². The molecule has 2 heterocycles. The molecular weight excluding hydrogens is 226 g/mol. The first-order chi connectivity index (χ1) is 8.79. The molecule has 0 amide bonds. The number of carbonyl (C=O) groups excluding carboxylic acids is 1. The number of benzene rings is 1. The van der Waals surface area contributed by atoms with Crippen LogP contribution >= 0.6 is 0 Å². The number of para-hydroxylation sites is 1. The molecule has 2 aromatic rings. The summed E-state index contributed by atoms with van der Waals surface area (Å²) in [6.45, 7) is 4.00. The summed E-state index contributed by atoms with van der Waals surface area (Å²) in [5, 5.41) is 1.02. The number of aromatic amines is 1. The zero-order chi connectivity index (χ0) is 12.5. The van der Waals surface area contributed by atoms with Gasteiger partial charge in [0.05, 0.1) is 5.56 Å². The van der Waals surface area contributed by atoms with Gasteiger partial charge in [0.1, 0.15) is 5.82 Å². The maximum absolute atomic E-state index is 11.4. The number of rotatable bonds is 2. The summed E-state index contributed by atoms with van der Waals surface area (Å²) in [6.07, 6.45) is 0.965. The molecule has 0 atom stereocenters. The third-order valence-electron chi connectivity index (χ3n) is 3.66. The molecule has 4 nitrogen and oxygen atoms in total. The minimum Gasteiger partial charge on any atom is -0.355 e. The lowest BCUT2D eigenvalue weighted by Gasteiger charge is -2.33. The van der Waals surface area contributed by atoms with E-state index in [2.05, 4.69) is 21.8 Å². The van der Waals surface area contributed by atoms with E-state index in [4.69, 9.17) is 0 Å². The fraction of sp³-hybridized carbons (Fsp3) is 0.357. The van der Waals surface area contributed by atoms with E-state index >= 15 is 0 Å². The van der Waals surface area contributed by atoms with Crippen LogP contribution in [0.4, 0.5) is 5.82 Å². The molecule has 1 N–H and O–H groups in total. The molecular formula is C14H17N3O. The van der Waals surface area contributed by atoms with Crippen LogP contribution in [-0.4, -0.2) is 49.4 Å². The maximum Gasteiger partial charge on any atom is 0.154 e. The van der Waals surface area contributed by atoms with Crippen molar-refractivity contribution >= 4 is 23.0 Å². The Labute approximate surface area is 106 Å². The number of carbonyl (C=O) groups is 1. The number of fused-ring (bicyclic) bond motifs is 1. The number of anilines is 1. The molecule has 1 saturated heterocycles. The molecule has 4 heteroatoms. The number of aldehydes is 1. The van der Waals surface area contributed by atoms with Crippen molar-refractivity contribution in [2.24, 2.45) is 0 Å². The molecule has 3 rings (SSSR count). The second-order valence-corrected chi connectivity index (χ2v) is 4.84. The highest BCUT2D eigenvalue weighted by molar-refractivity contribution is 6.03. The fourth-order valence-corrected chi connectivity index (χ4v) is 2.55. The predicted molar refractivity (Wildman–Crippen MR) is 73.4 cm³/mol. The lowest BCUT2D eigenvalue weighted by atomic mass is 10.1. The van der Waals surface area contributed by atoms with Gasteiger partial charge >= 0.3 is 0 Å². The number of nitrogens with one attached hydrogen (secondary N) is 1. The second kappa shape index (κ2) is 4.46. The number of aromatic nitrogens is 1. The fourth-order valence-electron chi connectivity index (χ4n) is 2.55. The summed E-state index contributed by atoms with van der Waals surface area (Å²) in [5.41, 5.74) is 1.82. The molecule has 0 bridgehead atoms. The van der Waals surface area contributed by atoms with Crippen molar-refractivity contribution in [3.05, 3.63) is 29.8 Å². The maximum atomic E-state index is 11.4. The summed E-state index contributed by atoms with van der Waals surface area (Å²) in [4.78, 5) is 19.3. The summed E-state index contributed by atoms with van der Waals surface area (Å²) in [7, 11) is 2.13. The minimum absolute atomic E-state index is 0.787. The normalized spacial score (nSPS) is 17.3. The third-order valence-corrected chi connectivity index (χ3v) is 3.66. The molecule has 0 saturated carbocycles. The molecule has 0 radical (unpaired) electrons. The van der Waals surface area contributed by atoms with Gasteiger partial charge in [0.2, 0.25) is 0 Å². The van der Waals surface area contributed by atoms with Crippen LogP contribution in [0.25, 0.3) is 10.9 Å². The Balaban J connectivity index is 2.03. The first-order valence-corrected chi connectivity index (χ1v) is 6.29. The van der Waals surface area contributed by atoms with E-state index in [1.165, 1.54) is 0 Å². The molecule has 0 aliphatic carbocycles. The Morgan fingerprint density at radius 1 is 1.17 bits per heavy atom. The minimum atomic E-state index is 0.787. The van der Waals surface area contributed by atoms with Crippen LogP contribution in [-0.2, 0) is 0 Å². The Morgan fingerprint density at radius 3 is 2.61 bits per heavy atom. The summed E-state index contributed by atoms with van der Waals surface area (Å²) >= 11 is 0. The van der Waals surface area contributed by atoms with Crippen LogP contribution in [0.1, 0.15) is 10.4 Å². The number of nitrogens with zero attached hydrogens (tertiary/aromatic N) is 2. The number of H-pyrrole nitrogens is 1. The van der Waals surface area contributed by atoms with Gasteiger partial charge in [-0.1, -0.05) is 18.2 Å². The quantitative estimate of drug-likeness (QED) is 0.817. The van der Waals surface area contributed by atoms with Crippen molar-refractivity contribution in [1.29, 1.82) is 0 Å². The standard InChI is InChI=1S/C14H17N3O/c1-16-6-8-17(9-7-16)14-12(10-18)11-4-2-3-5-13(11)15-14/h2-5,10,15H,6-9H2,1H3. The molecule has 1 fully saturated rings. The molecule has 18 heavy (non-hydrogen) atoms. The summed E-state index contributed by atoms with van der Waals surface area (Å²) in [6, 6.07) is 7.97. The first kappa shape index (κ1) is 11.3. The van der Waals surface area contributed by atoms with E-state index < -0.39 is 0 Å². The lowest BCUT2D eigenvalue weighted by molar-refractivity contribution is 0.112. The van der Waals surface area contributed by atoms with Crippen molar-refractivity contribution in [3.8, 4) is 0 Å². The van der Waals surface area contributed by atoms with Gasteiger partial charge in [-0.25, -0.2) is 0 Å². The number of hydrogen-bond acceptors (Lipinski definition) is 3. The van der Waals surface area contributed by atoms with E-state index in [-0.39, 0.29) is 0 Å². The zero-order valence-corrected chi connectivity index (χ0v) is 10.5. The van der Waals surface area contributed by atoms with E-state index in [1.807, 2.05) is 24.3 Å².